The maximum atomic E-state index is 6.01. The van der Waals surface area contributed by atoms with Gasteiger partial charge in [0.15, 0.2) is 0 Å². The molecule has 4 atom stereocenters. The van der Waals surface area contributed by atoms with Gasteiger partial charge in [0.25, 0.3) is 0 Å². The summed E-state index contributed by atoms with van der Waals surface area (Å²) in [5, 5.41) is 7.35. The number of ether oxygens (including phenoxy) is 3. The molecule has 0 aromatic heterocycles. The van der Waals surface area contributed by atoms with Gasteiger partial charge in [0.1, 0.15) is 17.6 Å². The van der Waals surface area contributed by atoms with Gasteiger partial charge in [-0.1, -0.05) is 12.5 Å². The van der Waals surface area contributed by atoms with Crippen molar-refractivity contribution in [2.45, 2.75) is 44.4 Å². The molecular formula is C19H30N2O3. The predicted octanol–water partition coefficient (Wildman–Crippen LogP) is 2.21. The second-order valence-corrected chi connectivity index (χ2v) is 6.85. The highest BCUT2D eigenvalue weighted by Gasteiger charge is 2.34. The average Bonchev–Trinajstić information content (AvgIpc) is 3.09. The zero-order valence-corrected chi connectivity index (χ0v) is 14.8. The fraction of sp³-hybridized carbons (Fsp3) is 0.684. The van der Waals surface area contributed by atoms with Crippen molar-refractivity contribution in [3.05, 3.63) is 24.3 Å². The molecule has 1 saturated heterocycles. The molecule has 5 heteroatoms. The predicted molar refractivity (Wildman–Crippen MR) is 94.8 cm³/mol. The third-order valence-electron chi connectivity index (χ3n) is 5.08. The van der Waals surface area contributed by atoms with Gasteiger partial charge in [-0.15, -0.1) is 0 Å². The number of benzene rings is 1. The van der Waals surface area contributed by atoms with Crippen molar-refractivity contribution in [3.63, 3.8) is 0 Å². The summed E-state index contributed by atoms with van der Waals surface area (Å²) in [6.07, 6.45) is 3.94. The topological polar surface area (TPSA) is 51.8 Å². The summed E-state index contributed by atoms with van der Waals surface area (Å²) in [5.41, 5.74) is 0. The first-order valence-corrected chi connectivity index (χ1v) is 9.11. The van der Waals surface area contributed by atoms with E-state index in [1.807, 2.05) is 24.3 Å². The molecule has 0 spiro atoms. The Labute approximate surface area is 145 Å². The summed E-state index contributed by atoms with van der Waals surface area (Å²) in [6, 6.07) is 8.83. The summed E-state index contributed by atoms with van der Waals surface area (Å²) in [6.45, 7) is 5.62. The number of hydrogen-bond donors (Lipinski definition) is 2. The first kappa shape index (κ1) is 17.5. The third kappa shape index (κ3) is 4.62. The van der Waals surface area contributed by atoms with Crippen LogP contribution in [0.2, 0.25) is 0 Å². The highest BCUT2D eigenvalue weighted by Crippen LogP contribution is 2.29. The highest BCUT2D eigenvalue weighted by molar-refractivity contribution is 5.32. The molecule has 2 N–H and O–H groups in total. The normalized spacial score (nSPS) is 28.5. The minimum atomic E-state index is 0.119. The maximum absolute atomic E-state index is 6.01. The van der Waals surface area contributed by atoms with Crippen LogP contribution in [-0.4, -0.2) is 51.6 Å². The van der Waals surface area contributed by atoms with Crippen molar-refractivity contribution in [2.75, 3.05) is 33.4 Å². The molecule has 5 nitrogen and oxygen atoms in total. The SMILES string of the molecule is COc1cccc(OC(C)CNC2CCCC2C2COCCN2)c1. The molecule has 1 aromatic carbocycles. The molecular weight excluding hydrogens is 304 g/mol. The number of morpholine rings is 1. The summed E-state index contributed by atoms with van der Waals surface area (Å²) in [4.78, 5) is 0. The van der Waals surface area contributed by atoms with Crippen LogP contribution in [0, 0.1) is 5.92 Å². The van der Waals surface area contributed by atoms with E-state index in [1.165, 1.54) is 19.3 Å². The van der Waals surface area contributed by atoms with Gasteiger partial charge in [0.2, 0.25) is 0 Å². The van der Waals surface area contributed by atoms with Crippen molar-refractivity contribution in [3.8, 4) is 11.5 Å². The van der Waals surface area contributed by atoms with Crippen LogP contribution in [-0.2, 0) is 4.74 Å². The molecule has 4 unspecified atom stereocenters. The van der Waals surface area contributed by atoms with Gasteiger partial charge in [-0.05, 0) is 37.8 Å². The Morgan fingerprint density at radius 1 is 1.33 bits per heavy atom. The van der Waals surface area contributed by atoms with Crippen LogP contribution in [0.5, 0.6) is 11.5 Å². The Balaban J connectivity index is 1.47. The summed E-state index contributed by atoms with van der Waals surface area (Å²) in [7, 11) is 1.67. The van der Waals surface area contributed by atoms with Gasteiger partial charge < -0.3 is 24.8 Å². The lowest BCUT2D eigenvalue weighted by molar-refractivity contribution is 0.0518. The number of hydrogen-bond acceptors (Lipinski definition) is 5. The minimum Gasteiger partial charge on any atom is -0.497 e. The molecule has 24 heavy (non-hydrogen) atoms. The average molecular weight is 334 g/mol. The van der Waals surface area contributed by atoms with E-state index in [4.69, 9.17) is 14.2 Å². The number of rotatable bonds is 7. The van der Waals surface area contributed by atoms with Gasteiger partial charge >= 0.3 is 0 Å². The first-order valence-electron chi connectivity index (χ1n) is 9.11. The van der Waals surface area contributed by atoms with Gasteiger partial charge in [-0.2, -0.15) is 0 Å². The molecule has 2 aliphatic rings. The first-order chi connectivity index (χ1) is 11.8. The lowest BCUT2D eigenvalue weighted by Crippen LogP contribution is -2.51. The smallest absolute Gasteiger partial charge is 0.123 e. The Bertz CT molecular complexity index is 505. The number of methoxy groups -OCH3 is 1. The lowest BCUT2D eigenvalue weighted by Gasteiger charge is -2.33. The van der Waals surface area contributed by atoms with Crippen LogP contribution in [0.1, 0.15) is 26.2 Å². The van der Waals surface area contributed by atoms with Crippen molar-refractivity contribution < 1.29 is 14.2 Å². The van der Waals surface area contributed by atoms with E-state index in [1.54, 1.807) is 7.11 Å². The zero-order valence-electron chi connectivity index (χ0n) is 14.8. The lowest BCUT2D eigenvalue weighted by atomic mass is 9.94. The van der Waals surface area contributed by atoms with Crippen LogP contribution in [0.3, 0.4) is 0 Å². The quantitative estimate of drug-likeness (QED) is 0.801. The Morgan fingerprint density at radius 3 is 3.00 bits per heavy atom. The van der Waals surface area contributed by atoms with Gasteiger partial charge in [0, 0.05) is 31.2 Å². The fourth-order valence-electron chi connectivity index (χ4n) is 3.85. The van der Waals surface area contributed by atoms with Crippen LogP contribution in [0.25, 0.3) is 0 Å². The van der Waals surface area contributed by atoms with E-state index in [9.17, 15) is 0 Å². The maximum Gasteiger partial charge on any atom is 0.123 e. The molecule has 134 valence electrons. The summed E-state index contributed by atoms with van der Waals surface area (Å²) < 4.78 is 16.9. The third-order valence-corrected chi connectivity index (χ3v) is 5.08. The molecule has 2 fully saturated rings. The van der Waals surface area contributed by atoms with Gasteiger partial charge in [0.05, 0.1) is 20.3 Å². The Hall–Kier alpha value is -1.30. The van der Waals surface area contributed by atoms with E-state index in [0.717, 1.165) is 37.8 Å². The monoisotopic (exact) mass is 334 g/mol. The molecule has 3 rings (SSSR count). The van der Waals surface area contributed by atoms with E-state index >= 15 is 0 Å². The molecule has 1 saturated carbocycles. The van der Waals surface area contributed by atoms with Crippen LogP contribution in [0.4, 0.5) is 0 Å². The van der Waals surface area contributed by atoms with Crippen LogP contribution in [0.15, 0.2) is 24.3 Å². The van der Waals surface area contributed by atoms with E-state index < -0.39 is 0 Å². The molecule has 1 aliphatic carbocycles. The second kappa shape index (κ2) is 8.70. The minimum absolute atomic E-state index is 0.119. The summed E-state index contributed by atoms with van der Waals surface area (Å²) in [5.74, 6) is 2.34. The van der Waals surface area contributed by atoms with E-state index in [0.29, 0.717) is 18.0 Å². The highest BCUT2D eigenvalue weighted by atomic mass is 16.5. The number of nitrogens with one attached hydrogen (secondary N) is 2. The van der Waals surface area contributed by atoms with Crippen LogP contribution >= 0.6 is 0 Å². The molecule has 1 aliphatic heterocycles. The zero-order chi connectivity index (χ0) is 16.8. The van der Waals surface area contributed by atoms with Crippen LogP contribution < -0.4 is 20.1 Å². The van der Waals surface area contributed by atoms with Crippen molar-refractivity contribution in [1.29, 1.82) is 0 Å². The van der Waals surface area contributed by atoms with Gasteiger partial charge in [-0.3, -0.25) is 0 Å². The standard InChI is InChI=1S/C19H30N2O3/c1-14(24-16-6-3-5-15(11-16)22-2)12-21-18-8-4-7-17(18)19-13-23-10-9-20-19/h3,5-6,11,14,17-21H,4,7-10,12-13H2,1-2H3. The largest absolute Gasteiger partial charge is 0.497 e. The molecule has 0 bridgehead atoms. The Kier molecular flexibility index (Phi) is 6.35. The Morgan fingerprint density at radius 2 is 2.21 bits per heavy atom. The molecule has 1 heterocycles. The summed E-state index contributed by atoms with van der Waals surface area (Å²) >= 11 is 0. The van der Waals surface area contributed by atoms with E-state index in [2.05, 4.69) is 17.6 Å². The molecule has 0 amide bonds. The van der Waals surface area contributed by atoms with E-state index in [-0.39, 0.29) is 6.10 Å². The molecule has 0 radical (unpaired) electrons. The molecule has 1 aromatic rings. The van der Waals surface area contributed by atoms with Crippen molar-refractivity contribution >= 4 is 0 Å². The fourth-order valence-corrected chi connectivity index (χ4v) is 3.85. The van der Waals surface area contributed by atoms with Gasteiger partial charge in [-0.25, -0.2) is 0 Å². The van der Waals surface area contributed by atoms with Crippen molar-refractivity contribution in [2.24, 2.45) is 5.92 Å². The van der Waals surface area contributed by atoms with Crippen molar-refractivity contribution in [1.82, 2.24) is 10.6 Å². The second-order valence-electron chi connectivity index (χ2n) is 6.85.